The molecule has 0 amide bonds. The fourth-order valence-electron chi connectivity index (χ4n) is 2.34. The molecule has 0 aliphatic heterocycles. The van der Waals surface area contributed by atoms with Crippen LogP contribution in [0.4, 0.5) is 0 Å². The van der Waals surface area contributed by atoms with E-state index < -0.39 is 16.0 Å². The van der Waals surface area contributed by atoms with Gasteiger partial charge in [-0.05, 0) is 29.7 Å². The van der Waals surface area contributed by atoms with Crippen molar-refractivity contribution in [3.05, 3.63) is 53.6 Å². The molecule has 0 fully saturated rings. The van der Waals surface area contributed by atoms with Crippen molar-refractivity contribution in [1.29, 1.82) is 5.26 Å². The Labute approximate surface area is 133 Å². The lowest BCUT2D eigenvalue weighted by Gasteiger charge is -2.15. The highest BCUT2D eigenvalue weighted by molar-refractivity contribution is 7.89. The molecule has 7 heteroatoms. The molecule has 23 heavy (non-hydrogen) atoms. The molecule has 0 aliphatic carbocycles. The van der Waals surface area contributed by atoms with Crippen molar-refractivity contribution in [2.24, 2.45) is 5.14 Å². The van der Waals surface area contributed by atoms with E-state index in [1.54, 1.807) is 30.3 Å². The molecule has 0 unspecified atom stereocenters. The number of hydrogen-bond acceptors (Lipinski definition) is 4. The van der Waals surface area contributed by atoms with E-state index in [-0.39, 0.29) is 23.3 Å². The number of nitriles is 1. The summed E-state index contributed by atoms with van der Waals surface area (Å²) in [6, 6.07) is 13.1. The molecular formula is C16H14N2O4S. The molecule has 118 valence electrons. The van der Waals surface area contributed by atoms with E-state index in [0.717, 1.165) is 6.07 Å². The highest BCUT2D eigenvalue weighted by atomic mass is 32.2. The first-order chi connectivity index (χ1) is 10.8. The number of sulfonamides is 1. The van der Waals surface area contributed by atoms with Gasteiger partial charge in [0.2, 0.25) is 10.0 Å². The van der Waals surface area contributed by atoms with E-state index in [1.165, 1.54) is 6.07 Å². The zero-order valence-corrected chi connectivity index (χ0v) is 12.9. The van der Waals surface area contributed by atoms with Gasteiger partial charge < -0.3 is 5.11 Å². The predicted octanol–water partition coefficient (Wildman–Crippen LogP) is 2.16. The molecule has 0 saturated carbocycles. The number of aromatic carboxylic acids is 1. The van der Waals surface area contributed by atoms with Crippen LogP contribution in [0.15, 0.2) is 47.4 Å². The lowest BCUT2D eigenvalue weighted by atomic mass is 9.94. The Kier molecular flexibility index (Phi) is 4.79. The smallest absolute Gasteiger partial charge is 0.335 e. The number of primary sulfonamides is 1. The maximum absolute atomic E-state index is 11.9. The van der Waals surface area contributed by atoms with E-state index in [9.17, 15) is 18.3 Å². The number of benzene rings is 2. The lowest BCUT2D eigenvalue weighted by molar-refractivity contribution is 0.0696. The Bertz CT molecular complexity index is 884. The summed E-state index contributed by atoms with van der Waals surface area (Å²) in [6.45, 7) is 0. The summed E-state index contributed by atoms with van der Waals surface area (Å²) in [4.78, 5) is 11.0. The summed E-state index contributed by atoms with van der Waals surface area (Å²) in [5.41, 5.74) is 1.22. The third-order valence-corrected chi connectivity index (χ3v) is 4.24. The van der Waals surface area contributed by atoms with Gasteiger partial charge in [0.05, 0.1) is 16.5 Å². The quantitative estimate of drug-likeness (QED) is 0.870. The van der Waals surface area contributed by atoms with Crippen LogP contribution in [0.2, 0.25) is 0 Å². The number of rotatable bonds is 5. The number of hydrogen-bond donors (Lipinski definition) is 2. The van der Waals surface area contributed by atoms with E-state index in [2.05, 4.69) is 0 Å². The average molecular weight is 330 g/mol. The maximum atomic E-state index is 11.9. The summed E-state index contributed by atoms with van der Waals surface area (Å²) in [6.07, 6.45) is 0.358. The van der Waals surface area contributed by atoms with Crippen molar-refractivity contribution in [3.63, 3.8) is 0 Å². The minimum absolute atomic E-state index is 0.132. The molecule has 3 N–H and O–H groups in total. The molecule has 0 atom stereocenters. The first-order valence-corrected chi connectivity index (χ1v) is 8.24. The number of aryl methyl sites for hydroxylation is 1. The largest absolute Gasteiger partial charge is 0.478 e. The molecular weight excluding hydrogens is 316 g/mol. The Morgan fingerprint density at radius 2 is 1.87 bits per heavy atom. The fourth-order valence-corrected chi connectivity index (χ4v) is 3.17. The third kappa shape index (κ3) is 3.74. The number of carbonyl (C=O) groups is 1. The Morgan fingerprint density at radius 3 is 2.39 bits per heavy atom. The van der Waals surface area contributed by atoms with Crippen LogP contribution in [0.3, 0.4) is 0 Å². The Balaban J connectivity index is 2.84. The monoisotopic (exact) mass is 330 g/mol. The van der Waals surface area contributed by atoms with Gasteiger partial charge in [0.1, 0.15) is 0 Å². The zero-order valence-electron chi connectivity index (χ0n) is 12.1. The molecule has 0 saturated heterocycles. The van der Waals surface area contributed by atoms with Crippen LogP contribution in [-0.4, -0.2) is 19.5 Å². The Hall–Kier alpha value is -2.69. The first-order valence-electron chi connectivity index (χ1n) is 6.70. The molecule has 0 aromatic heterocycles. The Morgan fingerprint density at radius 1 is 1.22 bits per heavy atom. The minimum atomic E-state index is -4.13. The molecule has 0 bridgehead atoms. The van der Waals surface area contributed by atoms with Gasteiger partial charge in [-0.1, -0.05) is 30.3 Å². The number of carboxylic acids is 1. The standard InChI is InChI=1S/C16H14N2O4S/c17-8-4-7-12-9-13(16(19)20)10-14(23(18,21)22)15(12)11-5-2-1-3-6-11/h1-3,5-6,9-10H,4,7H2,(H,19,20)(H2,18,21,22). The van der Waals surface area contributed by atoms with Crippen molar-refractivity contribution in [3.8, 4) is 17.2 Å². The highest BCUT2D eigenvalue weighted by Gasteiger charge is 2.22. The summed E-state index contributed by atoms with van der Waals surface area (Å²) in [7, 11) is -4.13. The second-order valence-corrected chi connectivity index (χ2v) is 6.41. The van der Waals surface area contributed by atoms with Crippen molar-refractivity contribution >= 4 is 16.0 Å². The second kappa shape index (κ2) is 6.60. The molecule has 0 radical (unpaired) electrons. The van der Waals surface area contributed by atoms with Gasteiger partial charge in [0, 0.05) is 12.0 Å². The second-order valence-electron chi connectivity index (χ2n) is 4.88. The van der Waals surface area contributed by atoms with Crippen LogP contribution in [0, 0.1) is 11.3 Å². The number of nitrogens with two attached hydrogens (primary N) is 1. The molecule has 2 rings (SSSR count). The zero-order chi connectivity index (χ0) is 17.0. The topological polar surface area (TPSA) is 121 Å². The van der Waals surface area contributed by atoms with Crippen molar-refractivity contribution in [2.75, 3.05) is 0 Å². The van der Waals surface area contributed by atoms with E-state index >= 15 is 0 Å². The molecule has 2 aromatic carbocycles. The van der Waals surface area contributed by atoms with Gasteiger partial charge in [0.15, 0.2) is 0 Å². The van der Waals surface area contributed by atoms with Crippen LogP contribution in [-0.2, 0) is 16.4 Å². The predicted molar refractivity (Wildman–Crippen MR) is 84.1 cm³/mol. The highest BCUT2D eigenvalue weighted by Crippen LogP contribution is 2.32. The number of carboxylic acid groups (broad SMARTS) is 1. The van der Waals surface area contributed by atoms with Gasteiger partial charge >= 0.3 is 5.97 Å². The lowest BCUT2D eigenvalue weighted by Crippen LogP contribution is -2.16. The minimum Gasteiger partial charge on any atom is -0.478 e. The summed E-state index contributed by atoms with van der Waals surface area (Å²) in [5.74, 6) is -1.26. The van der Waals surface area contributed by atoms with Crippen molar-refractivity contribution < 1.29 is 18.3 Å². The van der Waals surface area contributed by atoms with Gasteiger partial charge in [0.25, 0.3) is 0 Å². The van der Waals surface area contributed by atoms with Crippen LogP contribution >= 0.6 is 0 Å². The third-order valence-electron chi connectivity index (χ3n) is 3.31. The van der Waals surface area contributed by atoms with Crippen molar-refractivity contribution in [1.82, 2.24) is 0 Å². The van der Waals surface area contributed by atoms with E-state index in [4.69, 9.17) is 10.4 Å². The molecule has 0 spiro atoms. The van der Waals surface area contributed by atoms with E-state index in [0.29, 0.717) is 16.7 Å². The maximum Gasteiger partial charge on any atom is 0.335 e. The molecule has 6 nitrogen and oxygen atoms in total. The van der Waals surface area contributed by atoms with Gasteiger partial charge in [-0.15, -0.1) is 0 Å². The normalized spacial score (nSPS) is 11.0. The fraction of sp³-hybridized carbons (Fsp3) is 0.125. The molecule has 2 aromatic rings. The van der Waals surface area contributed by atoms with Gasteiger partial charge in [-0.25, -0.2) is 18.4 Å². The first kappa shape index (κ1) is 16.7. The van der Waals surface area contributed by atoms with Crippen LogP contribution < -0.4 is 5.14 Å². The molecule has 0 aliphatic rings. The molecule has 0 heterocycles. The van der Waals surface area contributed by atoms with Crippen LogP contribution in [0.1, 0.15) is 22.3 Å². The summed E-state index contributed by atoms with van der Waals surface area (Å²) in [5, 5.41) is 23.2. The van der Waals surface area contributed by atoms with Crippen molar-refractivity contribution in [2.45, 2.75) is 17.7 Å². The van der Waals surface area contributed by atoms with E-state index in [1.807, 2.05) is 6.07 Å². The van der Waals surface area contributed by atoms with Crippen LogP contribution in [0.5, 0.6) is 0 Å². The van der Waals surface area contributed by atoms with Gasteiger partial charge in [-0.3, -0.25) is 0 Å². The summed E-state index contributed by atoms with van der Waals surface area (Å²) < 4.78 is 23.9. The average Bonchev–Trinajstić information content (AvgIpc) is 2.51. The van der Waals surface area contributed by atoms with Crippen LogP contribution in [0.25, 0.3) is 11.1 Å². The van der Waals surface area contributed by atoms with Gasteiger partial charge in [-0.2, -0.15) is 5.26 Å². The SMILES string of the molecule is N#CCCc1cc(C(=O)O)cc(S(N)(=O)=O)c1-c1ccccc1. The summed E-state index contributed by atoms with van der Waals surface area (Å²) >= 11 is 0. The number of nitrogens with zero attached hydrogens (tertiary/aromatic N) is 1.